The molecule has 1 unspecified atom stereocenters. The van der Waals surface area contributed by atoms with Crippen LogP contribution >= 0.6 is 0 Å². The number of aliphatic hydroxyl groups is 1. The van der Waals surface area contributed by atoms with Crippen LogP contribution in [0.2, 0.25) is 0 Å². The lowest BCUT2D eigenvalue weighted by Gasteiger charge is -2.20. The number of hydrogen-bond donors (Lipinski definition) is 1. The van der Waals surface area contributed by atoms with Gasteiger partial charge in [0.1, 0.15) is 5.75 Å². The summed E-state index contributed by atoms with van der Waals surface area (Å²) in [6.07, 6.45) is 3.13. The van der Waals surface area contributed by atoms with Gasteiger partial charge in [0.25, 0.3) is 5.91 Å². The van der Waals surface area contributed by atoms with Gasteiger partial charge in [-0.25, -0.2) is 0 Å². The average molecular weight is 284 g/mol. The van der Waals surface area contributed by atoms with Crippen LogP contribution in [0.5, 0.6) is 5.75 Å². The normalized spacial score (nSPS) is 16.9. The molecule has 0 fully saturated rings. The molecule has 0 saturated carbocycles. The minimum Gasteiger partial charge on any atom is -0.493 e. The fourth-order valence-electron chi connectivity index (χ4n) is 2.43. The van der Waals surface area contributed by atoms with Gasteiger partial charge < -0.3 is 14.7 Å². The predicted molar refractivity (Wildman–Crippen MR) is 76.8 cm³/mol. The summed E-state index contributed by atoms with van der Waals surface area (Å²) in [5.41, 5.74) is 1.26. The number of hydrogen-bond acceptors (Lipinski definition) is 4. The number of carbonyl (C=O) groups is 1. The zero-order valence-corrected chi connectivity index (χ0v) is 11.5. The molecule has 1 amide bonds. The molecule has 1 atom stereocenters. The summed E-state index contributed by atoms with van der Waals surface area (Å²) in [5, 5.41) is 10.2. The largest absolute Gasteiger partial charge is 0.493 e. The average Bonchev–Trinajstić information content (AvgIpc) is 2.77. The Kier molecular flexibility index (Phi) is 3.83. The van der Waals surface area contributed by atoms with Crippen molar-refractivity contribution in [1.82, 2.24) is 9.88 Å². The molecular formula is C16H16N2O3. The Bertz CT molecular complexity index is 630. The summed E-state index contributed by atoms with van der Waals surface area (Å²) < 4.78 is 5.55. The maximum absolute atomic E-state index is 12.2. The summed E-state index contributed by atoms with van der Waals surface area (Å²) in [7, 11) is 0. The van der Waals surface area contributed by atoms with E-state index in [4.69, 9.17) is 4.74 Å². The third kappa shape index (κ3) is 2.73. The molecule has 108 valence electrons. The van der Waals surface area contributed by atoms with E-state index in [9.17, 15) is 9.90 Å². The van der Waals surface area contributed by atoms with Gasteiger partial charge in [-0.3, -0.25) is 9.78 Å². The minimum atomic E-state index is -0.852. The molecule has 0 saturated heterocycles. The van der Waals surface area contributed by atoms with Crippen molar-refractivity contribution in [2.75, 3.05) is 13.2 Å². The fraction of sp³-hybridized carbons (Fsp3) is 0.250. The number of aliphatic hydroxyl groups excluding tert-OH is 1. The van der Waals surface area contributed by atoms with Crippen molar-refractivity contribution < 1.29 is 14.6 Å². The standard InChI is InChI=1S/C16H16N2O3/c19-15-13-4-1-2-5-14(13)16(20)18(15)10-3-11-21-12-6-8-17-9-7-12/h1-2,4-9,15,19H,3,10-11H2. The highest BCUT2D eigenvalue weighted by atomic mass is 16.5. The number of benzene rings is 1. The molecular weight excluding hydrogens is 268 g/mol. The van der Waals surface area contributed by atoms with Crippen LogP contribution in [-0.2, 0) is 0 Å². The molecule has 2 aromatic rings. The lowest BCUT2D eigenvalue weighted by Crippen LogP contribution is -2.29. The molecule has 0 radical (unpaired) electrons. The molecule has 2 heterocycles. The minimum absolute atomic E-state index is 0.123. The summed E-state index contributed by atoms with van der Waals surface area (Å²) in [4.78, 5) is 17.6. The van der Waals surface area contributed by atoms with Crippen LogP contribution in [0.25, 0.3) is 0 Å². The summed E-state index contributed by atoms with van der Waals surface area (Å²) in [6.45, 7) is 0.941. The molecule has 21 heavy (non-hydrogen) atoms. The predicted octanol–water partition coefficient (Wildman–Crippen LogP) is 2.00. The Morgan fingerprint density at radius 1 is 1.19 bits per heavy atom. The van der Waals surface area contributed by atoms with E-state index in [0.29, 0.717) is 30.7 Å². The van der Waals surface area contributed by atoms with Crippen molar-refractivity contribution in [2.45, 2.75) is 12.6 Å². The number of pyridine rings is 1. The highest BCUT2D eigenvalue weighted by molar-refractivity contribution is 5.98. The number of nitrogens with zero attached hydrogens (tertiary/aromatic N) is 2. The summed E-state index contributed by atoms with van der Waals surface area (Å²) in [6, 6.07) is 10.7. The Labute approximate surface area is 122 Å². The second kappa shape index (κ2) is 5.93. The van der Waals surface area contributed by atoms with E-state index >= 15 is 0 Å². The number of carbonyl (C=O) groups excluding carboxylic acids is 1. The molecule has 3 rings (SSSR count). The van der Waals surface area contributed by atoms with Crippen molar-refractivity contribution in [2.24, 2.45) is 0 Å². The van der Waals surface area contributed by atoms with Gasteiger partial charge in [0.2, 0.25) is 0 Å². The molecule has 0 spiro atoms. The SMILES string of the molecule is O=C1c2ccccc2C(O)N1CCCOc1ccncc1. The molecule has 1 aliphatic heterocycles. The van der Waals surface area contributed by atoms with E-state index in [-0.39, 0.29) is 5.91 Å². The Morgan fingerprint density at radius 3 is 2.71 bits per heavy atom. The maximum atomic E-state index is 12.2. The van der Waals surface area contributed by atoms with Crippen molar-refractivity contribution in [3.63, 3.8) is 0 Å². The van der Waals surface area contributed by atoms with Gasteiger partial charge >= 0.3 is 0 Å². The van der Waals surface area contributed by atoms with E-state index < -0.39 is 6.23 Å². The first-order valence-electron chi connectivity index (χ1n) is 6.88. The van der Waals surface area contributed by atoms with Crippen molar-refractivity contribution in [3.8, 4) is 5.75 Å². The van der Waals surface area contributed by atoms with Crippen molar-refractivity contribution in [3.05, 3.63) is 59.9 Å². The van der Waals surface area contributed by atoms with Gasteiger partial charge in [-0.1, -0.05) is 18.2 Å². The zero-order chi connectivity index (χ0) is 14.7. The second-order valence-electron chi connectivity index (χ2n) is 4.84. The lowest BCUT2D eigenvalue weighted by molar-refractivity contribution is 0.0158. The van der Waals surface area contributed by atoms with E-state index in [1.54, 1.807) is 42.7 Å². The Morgan fingerprint density at radius 2 is 1.95 bits per heavy atom. The number of aromatic nitrogens is 1. The quantitative estimate of drug-likeness (QED) is 0.853. The number of ether oxygens (including phenoxy) is 1. The van der Waals surface area contributed by atoms with E-state index in [1.165, 1.54) is 4.90 Å². The first kappa shape index (κ1) is 13.6. The van der Waals surface area contributed by atoms with Crippen LogP contribution in [0.15, 0.2) is 48.8 Å². The van der Waals surface area contributed by atoms with Crippen molar-refractivity contribution in [1.29, 1.82) is 0 Å². The van der Waals surface area contributed by atoms with E-state index in [2.05, 4.69) is 4.98 Å². The van der Waals surface area contributed by atoms with E-state index in [0.717, 1.165) is 5.75 Å². The first-order valence-corrected chi connectivity index (χ1v) is 6.88. The van der Waals surface area contributed by atoms with Crippen LogP contribution in [0.3, 0.4) is 0 Å². The van der Waals surface area contributed by atoms with Crippen LogP contribution in [0.1, 0.15) is 28.6 Å². The van der Waals surface area contributed by atoms with E-state index in [1.807, 2.05) is 6.07 Å². The first-order chi connectivity index (χ1) is 10.3. The summed E-state index contributed by atoms with van der Waals surface area (Å²) >= 11 is 0. The van der Waals surface area contributed by atoms with Gasteiger partial charge in [0.15, 0.2) is 6.23 Å². The van der Waals surface area contributed by atoms with Gasteiger partial charge in [-0.15, -0.1) is 0 Å². The van der Waals surface area contributed by atoms with Gasteiger partial charge in [0, 0.05) is 30.1 Å². The molecule has 1 aromatic carbocycles. The van der Waals surface area contributed by atoms with Crippen LogP contribution in [0.4, 0.5) is 0 Å². The van der Waals surface area contributed by atoms with Crippen molar-refractivity contribution >= 4 is 5.91 Å². The molecule has 1 N–H and O–H groups in total. The zero-order valence-electron chi connectivity index (χ0n) is 11.5. The van der Waals surface area contributed by atoms with Crippen LogP contribution < -0.4 is 4.74 Å². The number of rotatable bonds is 5. The van der Waals surface area contributed by atoms with Gasteiger partial charge in [-0.2, -0.15) is 0 Å². The Balaban J connectivity index is 1.54. The summed E-state index contributed by atoms with van der Waals surface area (Å²) in [5.74, 6) is 0.628. The molecule has 5 nitrogen and oxygen atoms in total. The monoisotopic (exact) mass is 284 g/mol. The number of fused-ring (bicyclic) bond motifs is 1. The lowest BCUT2D eigenvalue weighted by atomic mass is 10.1. The molecule has 1 aliphatic rings. The van der Waals surface area contributed by atoms with Gasteiger partial charge in [0.05, 0.1) is 6.61 Å². The molecule has 0 aliphatic carbocycles. The molecule has 1 aromatic heterocycles. The fourth-order valence-corrected chi connectivity index (χ4v) is 2.43. The smallest absolute Gasteiger partial charge is 0.256 e. The van der Waals surface area contributed by atoms with Crippen LogP contribution in [0, 0.1) is 0 Å². The third-order valence-electron chi connectivity index (χ3n) is 3.49. The topological polar surface area (TPSA) is 62.7 Å². The molecule has 0 bridgehead atoms. The Hall–Kier alpha value is -2.40. The van der Waals surface area contributed by atoms with Gasteiger partial charge in [-0.05, 0) is 24.6 Å². The van der Waals surface area contributed by atoms with Crippen LogP contribution in [-0.4, -0.2) is 34.0 Å². The number of amides is 1. The molecule has 5 heteroatoms. The highest BCUT2D eigenvalue weighted by Crippen LogP contribution is 2.31. The third-order valence-corrected chi connectivity index (χ3v) is 3.49. The second-order valence-corrected chi connectivity index (χ2v) is 4.84. The highest BCUT2D eigenvalue weighted by Gasteiger charge is 2.34. The maximum Gasteiger partial charge on any atom is 0.256 e.